The van der Waals surface area contributed by atoms with Crippen molar-refractivity contribution >= 4 is 38.5 Å². The number of rotatable bonds is 6. The van der Waals surface area contributed by atoms with Crippen molar-refractivity contribution in [1.29, 1.82) is 0 Å². The third-order valence-electron chi connectivity index (χ3n) is 3.72. The first-order valence-corrected chi connectivity index (χ1v) is 9.27. The molecule has 1 amide bonds. The Bertz CT molecular complexity index is 728. The van der Waals surface area contributed by atoms with E-state index in [2.05, 4.69) is 56.4 Å². The normalized spacial score (nSPS) is 11.4. The number of amides is 1. The van der Waals surface area contributed by atoms with Crippen LogP contribution in [0.4, 0.5) is 10.5 Å². The van der Waals surface area contributed by atoms with E-state index in [1.165, 1.54) is 5.69 Å². The lowest BCUT2D eigenvalue weighted by Gasteiger charge is -2.21. The predicted octanol–water partition coefficient (Wildman–Crippen LogP) is 4.74. The van der Waals surface area contributed by atoms with Gasteiger partial charge in [-0.2, -0.15) is 0 Å². The van der Waals surface area contributed by atoms with E-state index in [1.807, 2.05) is 33.2 Å². The van der Waals surface area contributed by atoms with Crippen LogP contribution in [0.5, 0.6) is 0 Å². The summed E-state index contributed by atoms with van der Waals surface area (Å²) in [6, 6.07) is 6.36. The Balaban J connectivity index is 1.78. The van der Waals surface area contributed by atoms with Crippen molar-refractivity contribution in [2.24, 2.45) is 0 Å². The zero-order valence-electron chi connectivity index (χ0n) is 15.3. The van der Waals surface area contributed by atoms with E-state index in [9.17, 15) is 4.79 Å². The van der Waals surface area contributed by atoms with Gasteiger partial charge in [-0.05, 0) is 61.7 Å². The van der Waals surface area contributed by atoms with Crippen LogP contribution in [0.1, 0.15) is 33.6 Å². The summed E-state index contributed by atoms with van der Waals surface area (Å²) >= 11 is 3.55. The number of carbonyl (C=O) groups excluding carboxylic acids is 1. The molecule has 0 radical (unpaired) electrons. The summed E-state index contributed by atoms with van der Waals surface area (Å²) in [5.41, 5.74) is 0.712. The van der Waals surface area contributed by atoms with Gasteiger partial charge >= 0.3 is 6.09 Å². The van der Waals surface area contributed by atoms with Crippen LogP contribution in [0.2, 0.25) is 0 Å². The summed E-state index contributed by atoms with van der Waals surface area (Å²) in [4.78, 5) is 18.0. The first kappa shape index (κ1) is 19.5. The van der Waals surface area contributed by atoms with Gasteiger partial charge in [0.05, 0.1) is 0 Å². The number of hydrogen-bond acceptors (Lipinski definition) is 4. The molecule has 0 saturated heterocycles. The van der Waals surface area contributed by atoms with Gasteiger partial charge in [-0.1, -0.05) is 6.07 Å². The molecule has 25 heavy (non-hydrogen) atoms. The lowest BCUT2D eigenvalue weighted by Crippen LogP contribution is -2.33. The topological polar surface area (TPSA) is 54.5 Å². The smallest absolute Gasteiger partial charge is 0.407 e. The molecule has 2 aromatic rings. The number of halogens is 1. The number of benzene rings is 1. The molecule has 5 nitrogen and oxygen atoms in total. The number of hydrogen-bond donors (Lipinski definition) is 1. The summed E-state index contributed by atoms with van der Waals surface area (Å²) in [5.74, 6) is 0. The van der Waals surface area contributed by atoms with Crippen molar-refractivity contribution < 1.29 is 9.53 Å². The van der Waals surface area contributed by atoms with Crippen molar-refractivity contribution in [2.75, 3.05) is 25.0 Å². The standard InChI is InChI=1S/C19H26BrN3O2/c1-19(2,3)25-18(24)22-9-5-6-10-23(4)15-8-7-14-12-21-13-17(20)16(14)11-15/h7-8,11-13H,5-6,9-10H2,1-4H3,(H,22,24). The number of anilines is 1. The highest BCUT2D eigenvalue weighted by molar-refractivity contribution is 9.10. The number of fused-ring (bicyclic) bond motifs is 1. The van der Waals surface area contributed by atoms with Crippen LogP contribution in [-0.2, 0) is 4.74 Å². The van der Waals surface area contributed by atoms with Gasteiger partial charge in [0.25, 0.3) is 0 Å². The Hall–Kier alpha value is -1.82. The molecule has 0 bridgehead atoms. The van der Waals surface area contributed by atoms with E-state index in [1.54, 1.807) is 0 Å². The van der Waals surface area contributed by atoms with Crippen LogP contribution in [-0.4, -0.2) is 36.8 Å². The lowest BCUT2D eigenvalue weighted by molar-refractivity contribution is 0.0527. The Morgan fingerprint density at radius 2 is 2.04 bits per heavy atom. The van der Waals surface area contributed by atoms with Crippen LogP contribution in [0.25, 0.3) is 10.8 Å². The first-order valence-electron chi connectivity index (χ1n) is 8.47. The zero-order valence-corrected chi connectivity index (χ0v) is 16.9. The molecule has 0 saturated carbocycles. The van der Waals surface area contributed by atoms with Crippen LogP contribution in [0.3, 0.4) is 0 Å². The van der Waals surface area contributed by atoms with Crippen LogP contribution >= 0.6 is 15.9 Å². The molecule has 0 aliphatic heterocycles. The van der Waals surface area contributed by atoms with Gasteiger partial charge in [0.15, 0.2) is 0 Å². The summed E-state index contributed by atoms with van der Waals surface area (Å²) in [6.07, 6.45) is 5.22. The van der Waals surface area contributed by atoms with Gasteiger partial charge in [-0.15, -0.1) is 0 Å². The second-order valence-corrected chi connectivity index (χ2v) is 7.94. The second-order valence-electron chi connectivity index (χ2n) is 7.08. The van der Waals surface area contributed by atoms with E-state index in [0.717, 1.165) is 34.6 Å². The molecule has 0 aliphatic rings. The molecule has 0 atom stereocenters. The van der Waals surface area contributed by atoms with Crippen LogP contribution in [0, 0.1) is 0 Å². The predicted molar refractivity (Wildman–Crippen MR) is 106 cm³/mol. The highest BCUT2D eigenvalue weighted by Crippen LogP contribution is 2.27. The van der Waals surface area contributed by atoms with Gasteiger partial charge in [-0.25, -0.2) is 4.79 Å². The van der Waals surface area contributed by atoms with Gasteiger partial charge < -0.3 is 15.0 Å². The molecule has 1 aromatic carbocycles. The van der Waals surface area contributed by atoms with Gasteiger partial charge in [-0.3, -0.25) is 4.98 Å². The number of nitrogens with zero attached hydrogens (tertiary/aromatic N) is 2. The fraction of sp³-hybridized carbons (Fsp3) is 0.474. The fourth-order valence-corrected chi connectivity index (χ4v) is 2.92. The number of ether oxygens (including phenoxy) is 1. The highest BCUT2D eigenvalue weighted by atomic mass is 79.9. The maximum absolute atomic E-state index is 11.6. The molecule has 0 aliphatic carbocycles. The fourth-order valence-electron chi connectivity index (χ4n) is 2.46. The number of nitrogens with one attached hydrogen (secondary N) is 1. The van der Waals surface area contributed by atoms with Gasteiger partial charge in [0.2, 0.25) is 0 Å². The molecule has 1 N–H and O–H groups in total. The molecular formula is C19H26BrN3O2. The number of unbranched alkanes of at least 4 members (excludes halogenated alkanes) is 1. The molecule has 0 spiro atoms. The summed E-state index contributed by atoms with van der Waals surface area (Å²) in [6.45, 7) is 7.13. The quantitative estimate of drug-likeness (QED) is 0.702. The number of aromatic nitrogens is 1. The van der Waals surface area contributed by atoms with Crippen molar-refractivity contribution in [3.05, 3.63) is 35.1 Å². The molecular weight excluding hydrogens is 382 g/mol. The molecule has 1 aromatic heterocycles. The van der Waals surface area contributed by atoms with Crippen molar-refractivity contribution in [2.45, 2.75) is 39.2 Å². The Labute approximate surface area is 157 Å². The van der Waals surface area contributed by atoms with E-state index >= 15 is 0 Å². The minimum atomic E-state index is -0.454. The molecule has 2 rings (SSSR count). The van der Waals surface area contributed by atoms with Crippen LogP contribution in [0.15, 0.2) is 35.1 Å². The molecule has 136 valence electrons. The largest absolute Gasteiger partial charge is 0.444 e. The SMILES string of the molecule is CN(CCCCNC(=O)OC(C)(C)C)c1ccc2cncc(Br)c2c1. The summed E-state index contributed by atoms with van der Waals surface area (Å²) in [7, 11) is 2.08. The van der Waals surface area contributed by atoms with E-state index in [4.69, 9.17) is 4.74 Å². The lowest BCUT2D eigenvalue weighted by atomic mass is 10.1. The zero-order chi connectivity index (χ0) is 18.4. The first-order chi connectivity index (χ1) is 11.8. The van der Waals surface area contributed by atoms with E-state index in [0.29, 0.717) is 6.54 Å². The highest BCUT2D eigenvalue weighted by Gasteiger charge is 2.15. The minimum Gasteiger partial charge on any atom is -0.444 e. The van der Waals surface area contributed by atoms with Gasteiger partial charge in [0, 0.05) is 53.5 Å². The average molecular weight is 408 g/mol. The molecule has 1 heterocycles. The molecule has 0 fully saturated rings. The van der Waals surface area contributed by atoms with Crippen molar-refractivity contribution in [3.63, 3.8) is 0 Å². The molecule has 6 heteroatoms. The van der Waals surface area contributed by atoms with Crippen LogP contribution < -0.4 is 10.2 Å². The maximum Gasteiger partial charge on any atom is 0.407 e. The molecule has 0 unspecified atom stereocenters. The Morgan fingerprint density at radius 1 is 1.28 bits per heavy atom. The van der Waals surface area contributed by atoms with Crippen molar-refractivity contribution in [1.82, 2.24) is 10.3 Å². The number of alkyl carbamates (subject to hydrolysis) is 1. The Morgan fingerprint density at radius 3 is 2.76 bits per heavy atom. The van der Waals surface area contributed by atoms with Crippen molar-refractivity contribution in [3.8, 4) is 0 Å². The maximum atomic E-state index is 11.6. The third kappa shape index (κ3) is 6.20. The monoisotopic (exact) mass is 407 g/mol. The summed E-state index contributed by atoms with van der Waals surface area (Å²) < 4.78 is 6.22. The number of carbonyl (C=O) groups is 1. The average Bonchev–Trinajstić information content (AvgIpc) is 2.53. The van der Waals surface area contributed by atoms with E-state index < -0.39 is 5.60 Å². The minimum absolute atomic E-state index is 0.353. The van der Waals surface area contributed by atoms with E-state index in [-0.39, 0.29) is 6.09 Å². The van der Waals surface area contributed by atoms with Gasteiger partial charge in [0.1, 0.15) is 5.60 Å². The third-order valence-corrected chi connectivity index (χ3v) is 4.36. The summed E-state index contributed by atoms with van der Waals surface area (Å²) in [5, 5.41) is 5.07. The number of pyridine rings is 1. The second kappa shape index (κ2) is 8.52. The Kier molecular flexibility index (Phi) is 6.64.